The molecule has 3 aromatic rings. The third kappa shape index (κ3) is 3.82. The highest BCUT2D eigenvalue weighted by Gasteiger charge is 2.15. The Kier molecular flexibility index (Phi) is 5.16. The van der Waals surface area contributed by atoms with Crippen molar-refractivity contribution >= 4 is 16.8 Å². The van der Waals surface area contributed by atoms with E-state index in [0.717, 1.165) is 6.42 Å². The van der Waals surface area contributed by atoms with Crippen LogP contribution in [0.4, 0.5) is 0 Å². The lowest BCUT2D eigenvalue weighted by molar-refractivity contribution is -0.121. The van der Waals surface area contributed by atoms with Crippen molar-refractivity contribution in [3.63, 3.8) is 0 Å². The standard InChI is InChI=1S/C19H22N4O3/c1-12-4-6-15(7-5-12)8-10-20-16(24)9-11-23-19(25)18-17(13(2)21-23)14(3)26-22-18/h4-7H,8-11H2,1-3H3,(H,20,24). The Morgan fingerprint density at radius 3 is 2.65 bits per heavy atom. The fraction of sp³-hybridized carbons (Fsp3) is 0.368. The number of nitrogens with zero attached hydrogens (tertiary/aromatic N) is 3. The molecular formula is C19H22N4O3. The number of nitrogens with one attached hydrogen (secondary N) is 1. The Morgan fingerprint density at radius 2 is 1.92 bits per heavy atom. The highest BCUT2D eigenvalue weighted by molar-refractivity contribution is 5.81. The van der Waals surface area contributed by atoms with Gasteiger partial charge in [-0.3, -0.25) is 9.59 Å². The second-order valence-corrected chi connectivity index (χ2v) is 6.41. The molecule has 2 heterocycles. The van der Waals surface area contributed by atoms with Crippen molar-refractivity contribution in [1.29, 1.82) is 0 Å². The van der Waals surface area contributed by atoms with E-state index in [1.807, 2.05) is 6.92 Å². The summed E-state index contributed by atoms with van der Waals surface area (Å²) in [5.74, 6) is 0.461. The van der Waals surface area contributed by atoms with Crippen LogP contribution in [0.3, 0.4) is 0 Å². The monoisotopic (exact) mass is 354 g/mol. The van der Waals surface area contributed by atoms with E-state index in [1.54, 1.807) is 13.8 Å². The molecule has 0 saturated carbocycles. The molecule has 0 aliphatic heterocycles. The van der Waals surface area contributed by atoms with Gasteiger partial charge in [0.15, 0.2) is 5.52 Å². The van der Waals surface area contributed by atoms with E-state index in [1.165, 1.54) is 15.8 Å². The first-order valence-corrected chi connectivity index (χ1v) is 8.61. The van der Waals surface area contributed by atoms with Crippen LogP contribution in [0.1, 0.15) is 29.0 Å². The predicted molar refractivity (Wildman–Crippen MR) is 98.0 cm³/mol. The smallest absolute Gasteiger partial charge is 0.296 e. The second-order valence-electron chi connectivity index (χ2n) is 6.41. The molecule has 0 atom stereocenters. The Hall–Kier alpha value is -2.96. The van der Waals surface area contributed by atoms with Gasteiger partial charge in [0, 0.05) is 13.0 Å². The number of aryl methyl sites for hydroxylation is 4. The van der Waals surface area contributed by atoms with Crippen molar-refractivity contribution in [2.24, 2.45) is 0 Å². The SMILES string of the molecule is Cc1ccc(CCNC(=O)CCn2nc(C)c3c(C)onc3c2=O)cc1. The van der Waals surface area contributed by atoms with Crippen molar-refractivity contribution in [3.8, 4) is 0 Å². The number of benzene rings is 1. The molecule has 0 bridgehead atoms. The van der Waals surface area contributed by atoms with E-state index >= 15 is 0 Å². The van der Waals surface area contributed by atoms with Gasteiger partial charge in [0.2, 0.25) is 5.91 Å². The summed E-state index contributed by atoms with van der Waals surface area (Å²) in [4.78, 5) is 24.4. The minimum absolute atomic E-state index is 0.111. The number of hydrogen-bond donors (Lipinski definition) is 1. The van der Waals surface area contributed by atoms with Gasteiger partial charge in [0.05, 0.1) is 17.6 Å². The molecule has 7 heteroatoms. The maximum atomic E-state index is 12.4. The van der Waals surface area contributed by atoms with Gasteiger partial charge in [-0.2, -0.15) is 5.10 Å². The second kappa shape index (κ2) is 7.51. The number of hydrogen-bond acceptors (Lipinski definition) is 5. The molecule has 26 heavy (non-hydrogen) atoms. The number of carbonyl (C=O) groups excluding carboxylic acids is 1. The lowest BCUT2D eigenvalue weighted by Gasteiger charge is -2.08. The molecule has 0 aliphatic carbocycles. The molecule has 0 radical (unpaired) electrons. The van der Waals surface area contributed by atoms with Crippen molar-refractivity contribution in [1.82, 2.24) is 20.3 Å². The normalized spacial score (nSPS) is 11.0. The molecule has 0 saturated heterocycles. The molecular weight excluding hydrogens is 332 g/mol. The maximum Gasteiger partial charge on any atom is 0.296 e. The zero-order valence-electron chi connectivity index (χ0n) is 15.2. The van der Waals surface area contributed by atoms with Gasteiger partial charge in [0.25, 0.3) is 5.56 Å². The summed E-state index contributed by atoms with van der Waals surface area (Å²) in [6.45, 7) is 6.35. The average Bonchev–Trinajstić information content (AvgIpc) is 3.01. The summed E-state index contributed by atoms with van der Waals surface area (Å²) in [6, 6.07) is 8.23. The summed E-state index contributed by atoms with van der Waals surface area (Å²) in [5, 5.41) is 11.6. The minimum atomic E-state index is -0.338. The van der Waals surface area contributed by atoms with E-state index in [9.17, 15) is 9.59 Å². The number of carbonyl (C=O) groups is 1. The first-order chi connectivity index (χ1) is 12.5. The van der Waals surface area contributed by atoms with Gasteiger partial charge < -0.3 is 9.84 Å². The molecule has 1 aromatic carbocycles. The van der Waals surface area contributed by atoms with Crippen LogP contribution in [-0.2, 0) is 17.8 Å². The molecule has 0 aliphatic rings. The van der Waals surface area contributed by atoms with Crippen LogP contribution >= 0.6 is 0 Å². The van der Waals surface area contributed by atoms with Crippen molar-refractivity contribution in [2.75, 3.05) is 6.54 Å². The highest BCUT2D eigenvalue weighted by atomic mass is 16.5. The fourth-order valence-corrected chi connectivity index (χ4v) is 2.89. The van der Waals surface area contributed by atoms with Crippen LogP contribution in [0, 0.1) is 20.8 Å². The van der Waals surface area contributed by atoms with Crippen LogP contribution < -0.4 is 10.9 Å². The zero-order valence-corrected chi connectivity index (χ0v) is 15.2. The quantitative estimate of drug-likeness (QED) is 0.732. The number of aromatic nitrogens is 3. The van der Waals surface area contributed by atoms with Gasteiger partial charge >= 0.3 is 0 Å². The maximum absolute atomic E-state index is 12.4. The molecule has 2 aromatic heterocycles. The minimum Gasteiger partial charge on any atom is -0.360 e. The number of rotatable bonds is 6. The third-order valence-electron chi connectivity index (χ3n) is 4.34. The van der Waals surface area contributed by atoms with Crippen molar-refractivity contribution in [3.05, 3.63) is 57.2 Å². The van der Waals surface area contributed by atoms with Gasteiger partial charge in [-0.15, -0.1) is 0 Å². The van der Waals surface area contributed by atoms with Gasteiger partial charge in [0.1, 0.15) is 5.76 Å². The van der Waals surface area contributed by atoms with Gasteiger partial charge in [-0.05, 0) is 32.8 Å². The first kappa shape index (κ1) is 17.8. The van der Waals surface area contributed by atoms with E-state index in [0.29, 0.717) is 23.4 Å². The highest BCUT2D eigenvalue weighted by Crippen LogP contribution is 2.16. The van der Waals surface area contributed by atoms with Crippen molar-refractivity contribution < 1.29 is 9.32 Å². The summed E-state index contributed by atoms with van der Waals surface area (Å²) in [5.41, 5.74) is 2.98. The van der Waals surface area contributed by atoms with Crippen LogP contribution in [0.2, 0.25) is 0 Å². The lowest BCUT2D eigenvalue weighted by Crippen LogP contribution is -2.30. The third-order valence-corrected chi connectivity index (χ3v) is 4.34. The Labute approximate surface area is 151 Å². The Bertz CT molecular complexity index is 986. The summed E-state index contributed by atoms with van der Waals surface area (Å²) in [6.07, 6.45) is 0.954. The summed E-state index contributed by atoms with van der Waals surface area (Å²) in [7, 11) is 0. The van der Waals surface area contributed by atoms with E-state index in [2.05, 4.69) is 39.8 Å². The van der Waals surface area contributed by atoms with Gasteiger partial charge in [-0.25, -0.2) is 4.68 Å². The molecule has 1 N–H and O–H groups in total. The van der Waals surface area contributed by atoms with Crippen LogP contribution in [-0.4, -0.2) is 27.4 Å². The van der Waals surface area contributed by atoms with Crippen molar-refractivity contribution in [2.45, 2.75) is 40.2 Å². The largest absolute Gasteiger partial charge is 0.360 e. The van der Waals surface area contributed by atoms with E-state index < -0.39 is 0 Å². The predicted octanol–water partition coefficient (Wildman–Crippen LogP) is 2.06. The van der Waals surface area contributed by atoms with Crippen LogP contribution in [0.25, 0.3) is 10.9 Å². The molecule has 0 unspecified atom stereocenters. The zero-order chi connectivity index (χ0) is 18.7. The molecule has 0 fully saturated rings. The molecule has 0 spiro atoms. The van der Waals surface area contributed by atoms with E-state index in [-0.39, 0.29) is 29.9 Å². The lowest BCUT2D eigenvalue weighted by atomic mass is 10.1. The number of amides is 1. The molecule has 7 nitrogen and oxygen atoms in total. The Morgan fingerprint density at radius 1 is 1.19 bits per heavy atom. The molecule has 136 valence electrons. The van der Waals surface area contributed by atoms with Crippen LogP contribution in [0.5, 0.6) is 0 Å². The first-order valence-electron chi connectivity index (χ1n) is 8.61. The van der Waals surface area contributed by atoms with E-state index in [4.69, 9.17) is 4.52 Å². The average molecular weight is 354 g/mol. The summed E-state index contributed by atoms with van der Waals surface area (Å²) >= 11 is 0. The topological polar surface area (TPSA) is 90.0 Å². The summed E-state index contributed by atoms with van der Waals surface area (Å²) < 4.78 is 6.35. The van der Waals surface area contributed by atoms with Gasteiger partial charge in [-0.1, -0.05) is 35.0 Å². The van der Waals surface area contributed by atoms with Crippen LogP contribution in [0.15, 0.2) is 33.6 Å². The Balaban J connectivity index is 1.56. The molecule has 1 amide bonds. The number of fused-ring (bicyclic) bond motifs is 1. The fourth-order valence-electron chi connectivity index (χ4n) is 2.89. The molecule has 3 rings (SSSR count).